The number of aryl methyl sites for hydroxylation is 1. The Morgan fingerprint density at radius 1 is 1.44 bits per heavy atom. The predicted molar refractivity (Wildman–Crippen MR) is 80.6 cm³/mol. The van der Waals surface area contributed by atoms with E-state index in [-0.39, 0.29) is 0 Å². The van der Waals surface area contributed by atoms with Crippen molar-refractivity contribution in [2.45, 2.75) is 24.3 Å². The maximum absolute atomic E-state index is 4.12. The van der Waals surface area contributed by atoms with Crippen LogP contribution in [0.15, 0.2) is 40.9 Å². The average Bonchev–Trinajstić information content (AvgIpc) is 2.87. The summed E-state index contributed by atoms with van der Waals surface area (Å²) in [5.41, 5.74) is 3.22. The van der Waals surface area contributed by atoms with Crippen molar-refractivity contribution in [3.8, 4) is 0 Å². The van der Waals surface area contributed by atoms with Crippen molar-refractivity contribution in [2.75, 3.05) is 12.8 Å². The highest BCUT2D eigenvalue weighted by molar-refractivity contribution is 7.99. The van der Waals surface area contributed by atoms with Crippen molar-refractivity contribution in [2.24, 2.45) is 0 Å². The van der Waals surface area contributed by atoms with Gasteiger partial charge in [-0.2, -0.15) is 0 Å². The molecule has 1 atom stereocenters. The molecule has 0 bridgehead atoms. The van der Waals surface area contributed by atoms with E-state index in [0.29, 0.717) is 6.04 Å². The minimum Gasteiger partial charge on any atom is -0.316 e. The van der Waals surface area contributed by atoms with Crippen LogP contribution in [-0.4, -0.2) is 23.8 Å². The zero-order valence-electron chi connectivity index (χ0n) is 10.7. The van der Waals surface area contributed by atoms with Crippen molar-refractivity contribution in [3.63, 3.8) is 0 Å². The molecule has 2 aromatic rings. The minimum atomic E-state index is 0.496. The second-order valence-corrected chi connectivity index (χ2v) is 6.35. The maximum Gasteiger partial charge on any atom is 0.0794 e. The lowest BCUT2D eigenvalue weighted by Gasteiger charge is -2.14. The molecule has 2 nitrogen and oxygen atoms in total. The maximum atomic E-state index is 4.12. The van der Waals surface area contributed by atoms with E-state index < -0.39 is 0 Å². The molecule has 0 spiro atoms. The minimum absolute atomic E-state index is 0.496. The molecule has 18 heavy (non-hydrogen) atoms. The zero-order chi connectivity index (χ0) is 12.8. The van der Waals surface area contributed by atoms with Gasteiger partial charge in [0.15, 0.2) is 0 Å². The molecule has 96 valence electrons. The van der Waals surface area contributed by atoms with Crippen molar-refractivity contribution < 1.29 is 0 Å². The number of likely N-dealkylation sites (N-methyl/N-ethyl adjacent to an activating group) is 1. The van der Waals surface area contributed by atoms with Crippen LogP contribution in [0, 0.1) is 6.92 Å². The number of thioether (sulfide) groups is 1. The fraction of sp³-hybridized carbons (Fsp3) is 0.357. The van der Waals surface area contributed by atoms with Gasteiger partial charge in [-0.05, 0) is 32.5 Å². The van der Waals surface area contributed by atoms with E-state index in [9.17, 15) is 0 Å². The van der Waals surface area contributed by atoms with Gasteiger partial charge in [0.2, 0.25) is 0 Å². The molecule has 2 rings (SSSR count). The van der Waals surface area contributed by atoms with Crippen LogP contribution in [-0.2, 0) is 6.42 Å². The molecule has 0 amide bonds. The summed E-state index contributed by atoms with van der Waals surface area (Å²) in [4.78, 5) is 6.82. The van der Waals surface area contributed by atoms with E-state index in [1.807, 2.05) is 30.5 Å². The van der Waals surface area contributed by atoms with Gasteiger partial charge in [0, 0.05) is 27.8 Å². The number of benzene rings is 1. The van der Waals surface area contributed by atoms with Crippen LogP contribution in [0.5, 0.6) is 0 Å². The molecule has 1 N–H and O–H groups in total. The summed E-state index contributed by atoms with van der Waals surface area (Å²) in [6.07, 6.45) is 3.02. The van der Waals surface area contributed by atoms with E-state index in [1.54, 1.807) is 11.3 Å². The van der Waals surface area contributed by atoms with Gasteiger partial charge in [0.25, 0.3) is 0 Å². The molecule has 0 aliphatic rings. The van der Waals surface area contributed by atoms with Gasteiger partial charge < -0.3 is 5.32 Å². The molecule has 1 unspecified atom stereocenters. The summed E-state index contributed by atoms with van der Waals surface area (Å²) < 4.78 is 0. The number of hydrogen-bond acceptors (Lipinski definition) is 4. The third kappa shape index (κ3) is 4.12. The Balaban J connectivity index is 1.87. The highest BCUT2D eigenvalue weighted by Gasteiger charge is 2.09. The van der Waals surface area contributed by atoms with Crippen LogP contribution in [0.1, 0.15) is 10.4 Å². The lowest BCUT2D eigenvalue weighted by atomic mass is 10.2. The van der Waals surface area contributed by atoms with Crippen molar-refractivity contribution >= 4 is 23.1 Å². The predicted octanol–water partition coefficient (Wildman–Crippen LogP) is 3.37. The first-order valence-electron chi connectivity index (χ1n) is 6.02. The molecule has 0 fully saturated rings. The van der Waals surface area contributed by atoms with E-state index in [0.717, 1.165) is 12.2 Å². The fourth-order valence-corrected chi connectivity index (χ4v) is 3.53. The third-order valence-corrected chi connectivity index (χ3v) is 4.74. The smallest absolute Gasteiger partial charge is 0.0794 e. The van der Waals surface area contributed by atoms with Crippen LogP contribution < -0.4 is 5.32 Å². The van der Waals surface area contributed by atoms with Crippen LogP contribution in [0.25, 0.3) is 0 Å². The SMILES string of the molecule is CNC(CSc1cccc(C)c1)Cc1cncs1. The van der Waals surface area contributed by atoms with E-state index >= 15 is 0 Å². The van der Waals surface area contributed by atoms with Crippen LogP contribution in [0.2, 0.25) is 0 Å². The molecule has 0 saturated carbocycles. The largest absolute Gasteiger partial charge is 0.316 e. The van der Waals surface area contributed by atoms with E-state index in [1.165, 1.54) is 15.3 Å². The van der Waals surface area contributed by atoms with E-state index in [2.05, 4.69) is 41.5 Å². The normalized spacial score (nSPS) is 12.6. The van der Waals surface area contributed by atoms with E-state index in [4.69, 9.17) is 0 Å². The first-order chi connectivity index (χ1) is 8.78. The first-order valence-corrected chi connectivity index (χ1v) is 7.88. The Kier molecular flexibility index (Phi) is 5.23. The molecule has 0 aliphatic heterocycles. The molecule has 0 saturated heterocycles. The number of rotatable bonds is 6. The van der Waals surface area contributed by atoms with Crippen molar-refractivity contribution in [1.82, 2.24) is 10.3 Å². The number of hydrogen-bond donors (Lipinski definition) is 1. The second-order valence-electron chi connectivity index (χ2n) is 4.28. The number of nitrogens with zero attached hydrogens (tertiary/aromatic N) is 1. The Morgan fingerprint density at radius 3 is 3.00 bits per heavy atom. The molecule has 0 aliphatic carbocycles. The van der Waals surface area contributed by atoms with Gasteiger partial charge in [-0.25, -0.2) is 0 Å². The Morgan fingerprint density at radius 2 is 2.33 bits per heavy atom. The number of aromatic nitrogens is 1. The molecule has 1 aromatic heterocycles. The summed E-state index contributed by atoms with van der Waals surface area (Å²) in [5.74, 6) is 1.08. The Labute approximate surface area is 117 Å². The van der Waals surface area contributed by atoms with Gasteiger partial charge >= 0.3 is 0 Å². The quantitative estimate of drug-likeness (QED) is 0.820. The monoisotopic (exact) mass is 278 g/mol. The highest BCUT2D eigenvalue weighted by atomic mass is 32.2. The van der Waals surface area contributed by atoms with Crippen molar-refractivity contribution in [1.29, 1.82) is 0 Å². The first kappa shape index (κ1) is 13.6. The number of nitrogens with one attached hydrogen (secondary N) is 1. The summed E-state index contributed by atoms with van der Waals surface area (Å²) in [6, 6.07) is 9.17. The van der Waals surface area contributed by atoms with Gasteiger partial charge in [0.1, 0.15) is 0 Å². The standard InChI is InChI=1S/C14H18N2S2/c1-11-4-3-5-13(6-11)17-9-12(15-2)7-14-8-16-10-18-14/h3-6,8,10,12,15H,7,9H2,1-2H3. The third-order valence-electron chi connectivity index (χ3n) is 2.78. The van der Waals surface area contributed by atoms with Gasteiger partial charge in [-0.3, -0.25) is 4.98 Å². The summed E-state index contributed by atoms with van der Waals surface area (Å²) >= 11 is 3.64. The zero-order valence-corrected chi connectivity index (χ0v) is 12.4. The molecule has 4 heteroatoms. The number of thiazole rings is 1. The van der Waals surface area contributed by atoms with Crippen LogP contribution >= 0.6 is 23.1 Å². The van der Waals surface area contributed by atoms with Gasteiger partial charge in [0.05, 0.1) is 5.51 Å². The Hall–Kier alpha value is -0.840. The average molecular weight is 278 g/mol. The topological polar surface area (TPSA) is 24.9 Å². The summed E-state index contributed by atoms with van der Waals surface area (Å²) in [5, 5.41) is 3.38. The summed E-state index contributed by atoms with van der Waals surface area (Å²) in [6.45, 7) is 2.14. The van der Waals surface area contributed by atoms with Gasteiger partial charge in [-0.1, -0.05) is 17.7 Å². The lowest BCUT2D eigenvalue weighted by molar-refractivity contribution is 0.621. The van der Waals surface area contributed by atoms with Crippen LogP contribution in [0.4, 0.5) is 0 Å². The van der Waals surface area contributed by atoms with Crippen LogP contribution in [0.3, 0.4) is 0 Å². The molecule has 1 aromatic carbocycles. The molecule has 0 radical (unpaired) electrons. The fourth-order valence-electron chi connectivity index (χ4n) is 1.73. The Bertz CT molecular complexity index is 468. The lowest BCUT2D eigenvalue weighted by Crippen LogP contribution is -2.29. The summed E-state index contributed by atoms with van der Waals surface area (Å²) in [7, 11) is 2.03. The van der Waals surface area contributed by atoms with Crippen molar-refractivity contribution in [3.05, 3.63) is 46.4 Å². The molecular weight excluding hydrogens is 260 g/mol. The van der Waals surface area contributed by atoms with Gasteiger partial charge in [-0.15, -0.1) is 23.1 Å². The second kappa shape index (κ2) is 6.92. The molecular formula is C14H18N2S2. The molecule has 1 heterocycles. The highest BCUT2D eigenvalue weighted by Crippen LogP contribution is 2.21.